The second-order valence-electron chi connectivity index (χ2n) is 5.42. The Kier molecular flexibility index (Phi) is 4.24. The van der Waals surface area contributed by atoms with Gasteiger partial charge < -0.3 is 5.73 Å². The summed E-state index contributed by atoms with van der Waals surface area (Å²) in [7, 11) is 0. The maximum atomic E-state index is 13.3. The lowest BCUT2D eigenvalue weighted by atomic mass is 9.92. The number of nitrogens with zero attached hydrogens (tertiary/aromatic N) is 1. The van der Waals surface area contributed by atoms with Crippen molar-refractivity contribution in [2.75, 3.05) is 13.1 Å². The molecule has 1 heterocycles. The number of hydrogen-bond donors (Lipinski definition) is 1. The van der Waals surface area contributed by atoms with Crippen molar-refractivity contribution in [3.05, 3.63) is 70.0 Å². The van der Waals surface area contributed by atoms with Crippen LogP contribution in [0.3, 0.4) is 0 Å². The van der Waals surface area contributed by atoms with Gasteiger partial charge in [0, 0.05) is 25.7 Å². The highest BCUT2D eigenvalue weighted by Gasteiger charge is 2.25. The van der Waals surface area contributed by atoms with Crippen LogP contribution in [0, 0.1) is 5.82 Å². The third kappa shape index (κ3) is 2.95. The predicted octanol–water partition coefficient (Wildman–Crippen LogP) is 3.54. The predicted molar refractivity (Wildman–Crippen MR) is 83.8 cm³/mol. The Balaban J connectivity index is 1.84. The normalized spacial score (nSPS) is 18.5. The van der Waals surface area contributed by atoms with Crippen LogP contribution < -0.4 is 5.73 Å². The zero-order chi connectivity index (χ0) is 14.8. The van der Waals surface area contributed by atoms with E-state index < -0.39 is 0 Å². The Bertz CT molecular complexity index is 644. The van der Waals surface area contributed by atoms with Crippen molar-refractivity contribution in [3.8, 4) is 0 Å². The average Bonchev–Trinajstić information content (AvgIpc) is 2.51. The third-order valence-corrected chi connectivity index (χ3v) is 4.41. The summed E-state index contributed by atoms with van der Waals surface area (Å²) in [6.07, 6.45) is 1.02. The first-order valence-electron chi connectivity index (χ1n) is 7.15. The largest absolute Gasteiger partial charge is 0.329 e. The summed E-state index contributed by atoms with van der Waals surface area (Å²) in [5.41, 5.74) is 9.68. The molecule has 4 heteroatoms. The Labute approximate surface area is 129 Å². The van der Waals surface area contributed by atoms with Crippen LogP contribution in [0.4, 0.5) is 4.39 Å². The molecule has 2 nitrogen and oxygen atoms in total. The number of rotatable bonds is 3. The maximum Gasteiger partial charge on any atom is 0.141 e. The van der Waals surface area contributed by atoms with E-state index in [4.69, 9.17) is 17.3 Å². The molecule has 1 unspecified atom stereocenters. The van der Waals surface area contributed by atoms with Gasteiger partial charge in [0.2, 0.25) is 0 Å². The molecule has 2 aromatic carbocycles. The highest BCUT2D eigenvalue weighted by Crippen LogP contribution is 2.30. The van der Waals surface area contributed by atoms with E-state index in [0.29, 0.717) is 6.54 Å². The van der Waals surface area contributed by atoms with Crippen molar-refractivity contribution in [3.63, 3.8) is 0 Å². The molecule has 3 rings (SSSR count). The van der Waals surface area contributed by atoms with Gasteiger partial charge in [-0.15, -0.1) is 0 Å². The first-order chi connectivity index (χ1) is 10.2. The van der Waals surface area contributed by atoms with E-state index in [1.54, 1.807) is 12.1 Å². The molecule has 0 aliphatic carbocycles. The fourth-order valence-electron chi connectivity index (χ4n) is 3.04. The van der Waals surface area contributed by atoms with E-state index in [1.165, 1.54) is 17.2 Å². The molecule has 0 spiro atoms. The van der Waals surface area contributed by atoms with Crippen LogP contribution in [0.25, 0.3) is 0 Å². The monoisotopic (exact) mass is 304 g/mol. The van der Waals surface area contributed by atoms with Gasteiger partial charge in [-0.1, -0.05) is 41.9 Å². The minimum atomic E-state index is -0.375. The van der Waals surface area contributed by atoms with Crippen LogP contribution in [0.1, 0.15) is 22.7 Å². The first-order valence-corrected chi connectivity index (χ1v) is 7.52. The summed E-state index contributed by atoms with van der Waals surface area (Å²) in [5, 5.41) is 0.175. The van der Waals surface area contributed by atoms with Gasteiger partial charge in [-0.2, -0.15) is 0 Å². The molecule has 2 N–H and O–H groups in total. The van der Waals surface area contributed by atoms with E-state index in [1.807, 2.05) is 0 Å². The van der Waals surface area contributed by atoms with Gasteiger partial charge in [0.1, 0.15) is 5.82 Å². The van der Waals surface area contributed by atoms with Gasteiger partial charge in [0.05, 0.1) is 5.02 Å². The SMILES string of the molecule is NCC1c2ccccc2CCN1Cc1ccc(F)c(Cl)c1. The number of halogens is 2. The fourth-order valence-corrected chi connectivity index (χ4v) is 3.24. The van der Waals surface area contributed by atoms with E-state index in [9.17, 15) is 4.39 Å². The molecule has 1 aliphatic heterocycles. The number of fused-ring (bicyclic) bond motifs is 1. The maximum absolute atomic E-state index is 13.3. The Morgan fingerprint density at radius 1 is 1.24 bits per heavy atom. The van der Waals surface area contributed by atoms with E-state index >= 15 is 0 Å². The highest BCUT2D eigenvalue weighted by molar-refractivity contribution is 6.30. The van der Waals surface area contributed by atoms with Crippen LogP contribution in [0.15, 0.2) is 42.5 Å². The zero-order valence-electron chi connectivity index (χ0n) is 11.7. The summed E-state index contributed by atoms with van der Waals surface area (Å²) in [5.74, 6) is -0.375. The van der Waals surface area contributed by atoms with Gasteiger partial charge in [0.15, 0.2) is 0 Å². The molecular formula is C17H18ClFN2. The molecule has 0 saturated carbocycles. The summed E-state index contributed by atoms with van der Waals surface area (Å²) in [6, 6.07) is 13.6. The standard InChI is InChI=1S/C17H18ClFN2/c18-15-9-12(5-6-16(15)19)11-21-8-7-13-3-1-2-4-14(13)17(21)10-20/h1-6,9,17H,7-8,10-11,20H2. The Hall–Kier alpha value is -1.42. The second-order valence-corrected chi connectivity index (χ2v) is 5.83. The Morgan fingerprint density at radius 3 is 2.81 bits per heavy atom. The Morgan fingerprint density at radius 2 is 2.05 bits per heavy atom. The zero-order valence-corrected chi connectivity index (χ0v) is 12.5. The second kappa shape index (κ2) is 6.14. The quantitative estimate of drug-likeness (QED) is 0.940. The van der Waals surface area contributed by atoms with E-state index in [0.717, 1.165) is 25.1 Å². The summed E-state index contributed by atoms with van der Waals surface area (Å²) in [4.78, 5) is 2.34. The van der Waals surface area contributed by atoms with Crippen LogP contribution in [0.2, 0.25) is 5.02 Å². The van der Waals surface area contributed by atoms with Crippen molar-refractivity contribution in [2.24, 2.45) is 5.73 Å². The molecule has 21 heavy (non-hydrogen) atoms. The molecule has 2 aromatic rings. The lowest BCUT2D eigenvalue weighted by Crippen LogP contribution is -2.38. The highest BCUT2D eigenvalue weighted by atomic mass is 35.5. The van der Waals surface area contributed by atoms with Gasteiger partial charge in [-0.05, 0) is 35.2 Å². The average molecular weight is 305 g/mol. The molecule has 110 valence electrons. The lowest BCUT2D eigenvalue weighted by Gasteiger charge is -2.36. The lowest BCUT2D eigenvalue weighted by molar-refractivity contribution is 0.181. The number of hydrogen-bond acceptors (Lipinski definition) is 2. The molecular weight excluding hydrogens is 287 g/mol. The molecule has 0 fully saturated rings. The molecule has 0 radical (unpaired) electrons. The fraction of sp³-hybridized carbons (Fsp3) is 0.294. The molecule has 0 aromatic heterocycles. The van der Waals surface area contributed by atoms with Crippen molar-refractivity contribution in [1.29, 1.82) is 0 Å². The molecule has 0 amide bonds. The van der Waals surface area contributed by atoms with Gasteiger partial charge >= 0.3 is 0 Å². The minimum absolute atomic E-state index is 0.175. The summed E-state index contributed by atoms with van der Waals surface area (Å²) < 4.78 is 13.3. The first kappa shape index (κ1) is 14.5. The van der Waals surface area contributed by atoms with Crippen LogP contribution in [0.5, 0.6) is 0 Å². The number of benzene rings is 2. The van der Waals surface area contributed by atoms with Crippen molar-refractivity contribution in [1.82, 2.24) is 4.90 Å². The topological polar surface area (TPSA) is 29.3 Å². The summed E-state index contributed by atoms with van der Waals surface area (Å²) in [6.45, 7) is 2.26. The number of nitrogens with two attached hydrogens (primary N) is 1. The van der Waals surface area contributed by atoms with Crippen molar-refractivity contribution in [2.45, 2.75) is 19.0 Å². The smallest absolute Gasteiger partial charge is 0.141 e. The van der Waals surface area contributed by atoms with Gasteiger partial charge in [0.25, 0.3) is 0 Å². The van der Waals surface area contributed by atoms with Gasteiger partial charge in [-0.3, -0.25) is 4.90 Å². The summed E-state index contributed by atoms with van der Waals surface area (Å²) >= 11 is 5.86. The van der Waals surface area contributed by atoms with Crippen molar-refractivity contribution < 1.29 is 4.39 Å². The van der Waals surface area contributed by atoms with Crippen LogP contribution >= 0.6 is 11.6 Å². The molecule has 1 aliphatic rings. The molecule has 0 bridgehead atoms. The molecule has 0 saturated heterocycles. The minimum Gasteiger partial charge on any atom is -0.329 e. The third-order valence-electron chi connectivity index (χ3n) is 4.12. The van der Waals surface area contributed by atoms with E-state index in [2.05, 4.69) is 29.2 Å². The van der Waals surface area contributed by atoms with Gasteiger partial charge in [-0.25, -0.2) is 4.39 Å². The van der Waals surface area contributed by atoms with Crippen LogP contribution in [-0.2, 0) is 13.0 Å². The molecule has 1 atom stereocenters. The van der Waals surface area contributed by atoms with E-state index in [-0.39, 0.29) is 16.9 Å². The van der Waals surface area contributed by atoms with Crippen molar-refractivity contribution >= 4 is 11.6 Å². The van der Waals surface area contributed by atoms with Crippen LogP contribution in [-0.4, -0.2) is 18.0 Å².